The monoisotopic (exact) mass is 286 g/mol. The van der Waals surface area contributed by atoms with Crippen molar-refractivity contribution in [1.82, 2.24) is 0 Å². The molecule has 0 spiro atoms. The molecule has 2 rings (SSSR count). The van der Waals surface area contributed by atoms with Crippen LogP contribution in [0.2, 0.25) is 5.02 Å². The number of halogens is 1. The Kier molecular flexibility index (Phi) is 4.26. The first-order valence-electron chi connectivity index (χ1n) is 6.26. The molecule has 3 heteroatoms. The maximum atomic E-state index is 12.2. The molecule has 20 heavy (non-hydrogen) atoms. The Morgan fingerprint density at radius 1 is 1.20 bits per heavy atom. The van der Waals surface area contributed by atoms with Crippen LogP contribution in [0.3, 0.4) is 0 Å². The third kappa shape index (κ3) is 3.09. The van der Waals surface area contributed by atoms with E-state index < -0.39 is 0 Å². The summed E-state index contributed by atoms with van der Waals surface area (Å²) in [5, 5.41) is 10.5. The summed E-state index contributed by atoms with van der Waals surface area (Å²) in [6.07, 6.45) is 3.09. The van der Waals surface area contributed by atoms with Gasteiger partial charge in [-0.1, -0.05) is 35.9 Å². The van der Waals surface area contributed by atoms with Gasteiger partial charge in [0.2, 0.25) is 0 Å². The molecule has 0 aliphatic heterocycles. The summed E-state index contributed by atoms with van der Waals surface area (Å²) in [7, 11) is 0. The average Bonchev–Trinajstić information content (AvgIpc) is 2.36. The summed E-state index contributed by atoms with van der Waals surface area (Å²) in [6.45, 7) is 3.68. The van der Waals surface area contributed by atoms with Crippen LogP contribution in [0.4, 0.5) is 0 Å². The van der Waals surface area contributed by atoms with Crippen molar-refractivity contribution in [3.63, 3.8) is 0 Å². The smallest absolute Gasteiger partial charge is 0.189 e. The normalized spacial score (nSPS) is 10.9. The lowest BCUT2D eigenvalue weighted by Gasteiger charge is -2.06. The topological polar surface area (TPSA) is 37.3 Å². The van der Waals surface area contributed by atoms with Crippen molar-refractivity contribution in [1.29, 1.82) is 0 Å². The number of benzene rings is 2. The summed E-state index contributed by atoms with van der Waals surface area (Å²) in [5.41, 5.74) is 2.79. The molecule has 2 aromatic carbocycles. The molecule has 0 radical (unpaired) electrons. The number of phenols is 1. The molecular weight excluding hydrogens is 272 g/mol. The molecule has 0 bridgehead atoms. The van der Waals surface area contributed by atoms with Gasteiger partial charge in [-0.05, 0) is 54.8 Å². The SMILES string of the molecule is Cc1cc(C)c(C(=O)/C=C/c2ccccc2Cl)c(O)c1. The number of allylic oxidation sites excluding steroid dienone is 1. The molecular formula is C17H15ClO2. The first-order valence-corrected chi connectivity index (χ1v) is 6.64. The summed E-state index contributed by atoms with van der Waals surface area (Å²) < 4.78 is 0. The lowest BCUT2D eigenvalue weighted by molar-refractivity contribution is 0.104. The fourth-order valence-electron chi connectivity index (χ4n) is 2.12. The van der Waals surface area contributed by atoms with Gasteiger partial charge in [0.25, 0.3) is 0 Å². The van der Waals surface area contributed by atoms with E-state index in [1.54, 1.807) is 18.2 Å². The van der Waals surface area contributed by atoms with Gasteiger partial charge in [-0.25, -0.2) is 0 Å². The highest BCUT2D eigenvalue weighted by Crippen LogP contribution is 2.24. The number of rotatable bonds is 3. The summed E-state index contributed by atoms with van der Waals surface area (Å²) in [6, 6.07) is 10.7. The first kappa shape index (κ1) is 14.4. The van der Waals surface area contributed by atoms with Crippen molar-refractivity contribution in [3.8, 4) is 5.75 Å². The van der Waals surface area contributed by atoms with Gasteiger partial charge in [-0.2, -0.15) is 0 Å². The predicted molar refractivity (Wildman–Crippen MR) is 82.4 cm³/mol. The van der Waals surface area contributed by atoms with E-state index in [-0.39, 0.29) is 11.5 Å². The standard InChI is InChI=1S/C17H15ClO2/c1-11-9-12(2)17(16(20)10-11)15(19)8-7-13-5-3-4-6-14(13)18/h3-10,20H,1-2H3/b8-7+. The van der Waals surface area contributed by atoms with Crippen LogP contribution >= 0.6 is 11.6 Å². The quantitative estimate of drug-likeness (QED) is 0.663. The maximum absolute atomic E-state index is 12.2. The van der Waals surface area contributed by atoms with Crippen molar-refractivity contribution < 1.29 is 9.90 Å². The Balaban J connectivity index is 2.32. The van der Waals surface area contributed by atoms with Crippen molar-refractivity contribution in [3.05, 3.63) is 69.8 Å². The van der Waals surface area contributed by atoms with Gasteiger partial charge in [0, 0.05) is 5.02 Å². The highest BCUT2D eigenvalue weighted by atomic mass is 35.5. The molecule has 1 N–H and O–H groups in total. The van der Waals surface area contributed by atoms with E-state index >= 15 is 0 Å². The van der Waals surface area contributed by atoms with E-state index in [1.807, 2.05) is 38.1 Å². The predicted octanol–water partition coefficient (Wildman–Crippen LogP) is 4.56. The minimum Gasteiger partial charge on any atom is -0.507 e. The Bertz CT molecular complexity index is 664. The van der Waals surface area contributed by atoms with Crippen LogP contribution in [0.5, 0.6) is 5.75 Å². The second kappa shape index (κ2) is 5.93. The zero-order valence-electron chi connectivity index (χ0n) is 11.4. The van der Waals surface area contributed by atoms with Crippen LogP contribution in [0.1, 0.15) is 27.0 Å². The van der Waals surface area contributed by atoms with E-state index in [4.69, 9.17) is 11.6 Å². The fourth-order valence-corrected chi connectivity index (χ4v) is 2.32. The summed E-state index contributed by atoms with van der Waals surface area (Å²) in [4.78, 5) is 12.2. The van der Waals surface area contributed by atoms with Crippen molar-refractivity contribution in [2.45, 2.75) is 13.8 Å². The van der Waals surface area contributed by atoms with E-state index in [0.29, 0.717) is 10.6 Å². The van der Waals surface area contributed by atoms with Gasteiger partial charge in [-0.15, -0.1) is 0 Å². The number of hydrogen-bond donors (Lipinski definition) is 1. The van der Waals surface area contributed by atoms with Crippen LogP contribution in [0.15, 0.2) is 42.5 Å². The lowest BCUT2D eigenvalue weighted by atomic mass is 10.00. The zero-order valence-corrected chi connectivity index (χ0v) is 12.1. The number of hydrogen-bond acceptors (Lipinski definition) is 2. The van der Waals surface area contributed by atoms with Crippen molar-refractivity contribution in [2.24, 2.45) is 0 Å². The molecule has 0 amide bonds. The minimum absolute atomic E-state index is 0.0105. The Morgan fingerprint density at radius 2 is 1.90 bits per heavy atom. The lowest BCUT2D eigenvalue weighted by Crippen LogP contribution is -1.99. The molecule has 0 saturated carbocycles. The van der Waals surface area contributed by atoms with Crippen LogP contribution < -0.4 is 0 Å². The molecule has 102 valence electrons. The molecule has 0 saturated heterocycles. The fraction of sp³-hybridized carbons (Fsp3) is 0.118. The van der Waals surface area contributed by atoms with Crippen LogP contribution in [0.25, 0.3) is 6.08 Å². The van der Waals surface area contributed by atoms with E-state index in [1.165, 1.54) is 6.08 Å². The largest absolute Gasteiger partial charge is 0.507 e. The second-order valence-electron chi connectivity index (χ2n) is 4.70. The third-order valence-electron chi connectivity index (χ3n) is 3.02. The van der Waals surface area contributed by atoms with E-state index in [0.717, 1.165) is 16.7 Å². The number of ketones is 1. The van der Waals surface area contributed by atoms with Crippen LogP contribution in [-0.2, 0) is 0 Å². The van der Waals surface area contributed by atoms with Gasteiger partial charge < -0.3 is 5.11 Å². The highest BCUT2D eigenvalue weighted by molar-refractivity contribution is 6.32. The molecule has 2 aromatic rings. The minimum atomic E-state index is -0.236. The molecule has 0 aliphatic rings. The number of carbonyl (C=O) groups excluding carboxylic acids is 1. The van der Waals surface area contributed by atoms with Gasteiger partial charge >= 0.3 is 0 Å². The third-order valence-corrected chi connectivity index (χ3v) is 3.37. The second-order valence-corrected chi connectivity index (χ2v) is 5.10. The van der Waals surface area contributed by atoms with Gasteiger partial charge in [0.05, 0.1) is 5.56 Å². The van der Waals surface area contributed by atoms with Crippen LogP contribution in [0, 0.1) is 13.8 Å². The average molecular weight is 287 g/mol. The van der Waals surface area contributed by atoms with Gasteiger partial charge in [0.1, 0.15) is 5.75 Å². The number of aryl methyl sites for hydroxylation is 2. The Labute approximate surface area is 123 Å². The number of carbonyl (C=O) groups is 1. The number of aromatic hydroxyl groups is 1. The maximum Gasteiger partial charge on any atom is 0.189 e. The first-order chi connectivity index (χ1) is 9.49. The Hall–Kier alpha value is -2.06. The zero-order chi connectivity index (χ0) is 14.7. The summed E-state index contributed by atoms with van der Waals surface area (Å²) in [5.74, 6) is -0.226. The van der Waals surface area contributed by atoms with Gasteiger partial charge in [-0.3, -0.25) is 4.79 Å². The molecule has 0 aliphatic carbocycles. The molecule has 0 fully saturated rings. The molecule has 2 nitrogen and oxygen atoms in total. The van der Waals surface area contributed by atoms with E-state index in [9.17, 15) is 9.90 Å². The van der Waals surface area contributed by atoms with Gasteiger partial charge in [0.15, 0.2) is 5.78 Å². The number of phenolic OH excluding ortho intramolecular Hbond substituents is 1. The molecule has 0 atom stereocenters. The molecule has 0 aromatic heterocycles. The molecule has 0 heterocycles. The Morgan fingerprint density at radius 3 is 2.55 bits per heavy atom. The highest BCUT2D eigenvalue weighted by Gasteiger charge is 2.12. The van der Waals surface area contributed by atoms with E-state index in [2.05, 4.69) is 0 Å². The van der Waals surface area contributed by atoms with Crippen molar-refractivity contribution >= 4 is 23.5 Å². The van der Waals surface area contributed by atoms with Crippen molar-refractivity contribution in [2.75, 3.05) is 0 Å². The van der Waals surface area contributed by atoms with Crippen LogP contribution in [-0.4, -0.2) is 10.9 Å². The summed E-state index contributed by atoms with van der Waals surface area (Å²) >= 11 is 6.03. The molecule has 0 unspecified atom stereocenters.